The average Bonchev–Trinajstić information content (AvgIpc) is 2.22. The van der Waals surface area contributed by atoms with Crippen molar-refractivity contribution < 1.29 is 9.36 Å². The number of allylic oxidation sites excluding steroid dienone is 1. The molecule has 78 valence electrons. The van der Waals surface area contributed by atoms with Gasteiger partial charge < -0.3 is 0 Å². The predicted molar refractivity (Wildman–Crippen MR) is 59.1 cm³/mol. The van der Waals surface area contributed by atoms with Crippen LogP contribution in [0.2, 0.25) is 0 Å². The van der Waals surface area contributed by atoms with E-state index in [1.165, 1.54) is 0 Å². The van der Waals surface area contributed by atoms with Crippen molar-refractivity contribution in [2.24, 2.45) is 7.05 Å². The summed E-state index contributed by atoms with van der Waals surface area (Å²) in [5, 5.41) is 0. The first-order valence-electron chi connectivity index (χ1n) is 5.45. The van der Waals surface area contributed by atoms with Gasteiger partial charge in [-0.15, -0.1) is 0 Å². The van der Waals surface area contributed by atoms with Crippen LogP contribution in [0.25, 0.3) is 6.08 Å². The summed E-state index contributed by atoms with van der Waals surface area (Å²) in [5.74, 6) is 0.327. The third-order valence-corrected chi connectivity index (χ3v) is 2.76. The third-order valence-electron chi connectivity index (χ3n) is 2.76. The van der Waals surface area contributed by atoms with Crippen LogP contribution in [0.4, 0.5) is 0 Å². The number of carbonyl (C=O) groups is 1. The molecule has 0 spiro atoms. The number of rotatable bonds is 1. The first kappa shape index (κ1) is 10.1. The second kappa shape index (κ2) is 4.39. The topological polar surface area (TPSA) is 20.9 Å². The van der Waals surface area contributed by atoms with Crippen molar-refractivity contribution >= 4 is 11.9 Å². The van der Waals surface area contributed by atoms with Crippen LogP contribution in [0.15, 0.2) is 30.1 Å². The highest BCUT2D eigenvalue weighted by molar-refractivity contribution is 5.99. The summed E-state index contributed by atoms with van der Waals surface area (Å²) < 4.78 is 2.00. The van der Waals surface area contributed by atoms with Crippen LogP contribution in [0.1, 0.15) is 31.2 Å². The maximum atomic E-state index is 11.6. The lowest BCUT2D eigenvalue weighted by Gasteiger charge is -2.11. The highest BCUT2D eigenvalue weighted by Crippen LogP contribution is 2.21. The van der Waals surface area contributed by atoms with Gasteiger partial charge in [0.05, 0.1) is 0 Å². The number of Topliss-reactive ketones (excluding diaryl/α,β-unsaturated/α-hetero) is 1. The van der Waals surface area contributed by atoms with E-state index in [9.17, 15) is 4.79 Å². The standard InChI is InChI=1S/C13H16NO/c1-14-8-4-5-11(10-14)9-12-6-2-3-7-13(12)15/h4-5,8-10H,2-3,6-7H2,1H3/q+1/b12-9-. The number of nitrogens with zero attached hydrogens (tertiary/aromatic N) is 1. The fourth-order valence-corrected chi connectivity index (χ4v) is 1.95. The Kier molecular flexibility index (Phi) is 2.95. The lowest BCUT2D eigenvalue weighted by molar-refractivity contribution is -0.671. The summed E-state index contributed by atoms with van der Waals surface area (Å²) in [6.45, 7) is 0. The number of hydrogen-bond donors (Lipinski definition) is 0. The Balaban J connectivity index is 2.25. The summed E-state index contributed by atoms with van der Waals surface area (Å²) in [5.41, 5.74) is 2.11. The Labute approximate surface area is 90.2 Å². The molecule has 1 heterocycles. The maximum absolute atomic E-state index is 11.6. The molecule has 1 fully saturated rings. The van der Waals surface area contributed by atoms with E-state index in [1.54, 1.807) is 0 Å². The van der Waals surface area contributed by atoms with Crippen LogP contribution >= 0.6 is 0 Å². The van der Waals surface area contributed by atoms with Crippen LogP contribution in [0.3, 0.4) is 0 Å². The number of aromatic nitrogens is 1. The molecule has 0 aromatic carbocycles. The van der Waals surface area contributed by atoms with Crippen LogP contribution in [0, 0.1) is 0 Å². The zero-order valence-electron chi connectivity index (χ0n) is 9.07. The Bertz CT molecular complexity index is 407. The second-order valence-electron chi connectivity index (χ2n) is 4.10. The van der Waals surface area contributed by atoms with Gasteiger partial charge >= 0.3 is 0 Å². The Hall–Kier alpha value is -1.44. The minimum atomic E-state index is 0.327. The van der Waals surface area contributed by atoms with Crippen LogP contribution in [-0.4, -0.2) is 5.78 Å². The Morgan fingerprint density at radius 2 is 2.13 bits per heavy atom. The average molecular weight is 202 g/mol. The van der Waals surface area contributed by atoms with Crippen molar-refractivity contribution in [1.29, 1.82) is 0 Å². The SMILES string of the molecule is C[n+]1cccc(/C=C2/CCCCC2=O)c1. The van der Waals surface area contributed by atoms with Gasteiger partial charge in [0.1, 0.15) is 7.05 Å². The molecule has 1 saturated carbocycles. The molecular weight excluding hydrogens is 186 g/mol. The number of hydrogen-bond acceptors (Lipinski definition) is 1. The summed E-state index contributed by atoms with van der Waals surface area (Å²) in [6, 6.07) is 4.04. The number of pyridine rings is 1. The number of aryl methyl sites for hydroxylation is 1. The molecule has 0 radical (unpaired) electrons. The maximum Gasteiger partial charge on any atom is 0.175 e. The second-order valence-corrected chi connectivity index (χ2v) is 4.10. The fraction of sp³-hybridized carbons (Fsp3) is 0.385. The van der Waals surface area contributed by atoms with E-state index in [1.807, 2.05) is 42.2 Å². The Morgan fingerprint density at radius 3 is 2.87 bits per heavy atom. The van der Waals surface area contributed by atoms with E-state index >= 15 is 0 Å². The molecule has 1 aromatic rings. The minimum absolute atomic E-state index is 0.327. The highest BCUT2D eigenvalue weighted by Gasteiger charge is 2.14. The molecule has 2 rings (SSSR count). The molecule has 0 saturated heterocycles. The zero-order valence-corrected chi connectivity index (χ0v) is 9.07. The molecule has 2 nitrogen and oxygen atoms in total. The van der Waals surface area contributed by atoms with Gasteiger partial charge in [-0.05, 0) is 37.0 Å². The molecule has 0 unspecified atom stereocenters. The van der Waals surface area contributed by atoms with Crippen molar-refractivity contribution in [2.75, 3.05) is 0 Å². The van der Waals surface area contributed by atoms with Gasteiger partial charge in [0, 0.05) is 18.1 Å². The van der Waals surface area contributed by atoms with E-state index in [2.05, 4.69) is 0 Å². The van der Waals surface area contributed by atoms with E-state index in [-0.39, 0.29) is 0 Å². The molecule has 0 N–H and O–H groups in total. The summed E-state index contributed by atoms with van der Waals surface area (Å²) in [7, 11) is 1.99. The molecule has 0 aliphatic heterocycles. The third kappa shape index (κ3) is 2.52. The van der Waals surface area contributed by atoms with E-state index in [0.717, 1.165) is 36.8 Å². The van der Waals surface area contributed by atoms with E-state index < -0.39 is 0 Å². The highest BCUT2D eigenvalue weighted by atomic mass is 16.1. The summed E-state index contributed by atoms with van der Waals surface area (Å²) in [4.78, 5) is 11.6. The van der Waals surface area contributed by atoms with Crippen LogP contribution in [0.5, 0.6) is 0 Å². The molecule has 2 heteroatoms. The summed E-state index contributed by atoms with van der Waals surface area (Å²) >= 11 is 0. The summed E-state index contributed by atoms with van der Waals surface area (Å²) in [6.07, 6.45) is 9.93. The molecule has 1 aromatic heterocycles. The van der Waals surface area contributed by atoms with Gasteiger partial charge in [0.15, 0.2) is 18.2 Å². The van der Waals surface area contributed by atoms with Gasteiger partial charge in [-0.3, -0.25) is 4.79 Å². The molecular formula is C13H16NO+. The smallest absolute Gasteiger partial charge is 0.175 e. The van der Waals surface area contributed by atoms with Gasteiger partial charge in [-0.1, -0.05) is 0 Å². The van der Waals surface area contributed by atoms with Crippen molar-refractivity contribution in [3.63, 3.8) is 0 Å². The number of carbonyl (C=O) groups excluding carboxylic acids is 1. The number of ketones is 1. The van der Waals surface area contributed by atoms with Crippen molar-refractivity contribution in [1.82, 2.24) is 0 Å². The zero-order chi connectivity index (χ0) is 10.7. The fourth-order valence-electron chi connectivity index (χ4n) is 1.95. The predicted octanol–water partition coefficient (Wildman–Crippen LogP) is 2.04. The Morgan fingerprint density at radius 1 is 1.33 bits per heavy atom. The first-order valence-corrected chi connectivity index (χ1v) is 5.45. The van der Waals surface area contributed by atoms with Gasteiger partial charge in [0.25, 0.3) is 0 Å². The van der Waals surface area contributed by atoms with Gasteiger partial charge in [-0.2, -0.15) is 0 Å². The lowest BCUT2D eigenvalue weighted by atomic mass is 9.92. The lowest BCUT2D eigenvalue weighted by Crippen LogP contribution is -2.26. The minimum Gasteiger partial charge on any atom is -0.295 e. The molecule has 0 atom stereocenters. The normalized spacial score (nSPS) is 19.5. The largest absolute Gasteiger partial charge is 0.295 e. The van der Waals surface area contributed by atoms with Gasteiger partial charge in [0.2, 0.25) is 0 Å². The van der Waals surface area contributed by atoms with Crippen molar-refractivity contribution in [2.45, 2.75) is 25.7 Å². The van der Waals surface area contributed by atoms with Crippen molar-refractivity contribution in [3.8, 4) is 0 Å². The molecule has 0 amide bonds. The quantitative estimate of drug-likeness (QED) is 0.504. The van der Waals surface area contributed by atoms with Crippen molar-refractivity contribution in [3.05, 3.63) is 35.7 Å². The molecule has 1 aliphatic carbocycles. The first-order chi connectivity index (χ1) is 7.25. The van der Waals surface area contributed by atoms with E-state index in [0.29, 0.717) is 5.78 Å². The molecule has 0 bridgehead atoms. The molecule has 1 aliphatic rings. The monoisotopic (exact) mass is 202 g/mol. The van der Waals surface area contributed by atoms with Crippen LogP contribution < -0.4 is 4.57 Å². The van der Waals surface area contributed by atoms with Crippen LogP contribution in [-0.2, 0) is 11.8 Å². The molecule has 15 heavy (non-hydrogen) atoms. The van der Waals surface area contributed by atoms with E-state index in [4.69, 9.17) is 0 Å². The van der Waals surface area contributed by atoms with Gasteiger partial charge in [-0.25, -0.2) is 4.57 Å².